The van der Waals surface area contributed by atoms with Crippen molar-refractivity contribution in [1.82, 2.24) is 10.6 Å². The van der Waals surface area contributed by atoms with Crippen LogP contribution >= 0.6 is 24.0 Å². The number of aliphatic imine (C=N–C) groups is 1. The van der Waals surface area contributed by atoms with Crippen LogP contribution in [0.5, 0.6) is 5.75 Å². The molecule has 1 aliphatic carbocycles. The van der Waals surface area contributed by atoms with E-state index in [2.05, 4.69) is 40.7 Å². The smallest absolute Gasteiger partial charge is 0.191 e. The van der Waals surface area contributed by atoms with Crippen molar-refractivity contribution in [3.8, 4) is 5.75 Å². The molecule has 134 valence electrons. The van der Waals surface area contributed by atoms with E-state index in [9.17, 15) is 0 Å². The lowest BCUT2D eigenvalue weighted by atomic mass is 10.1. The Balaban J connectivity index is 0.00000208. The standard InChI is InChI=1S/C18H27N3O2.HI/c1-13-5-6-14(11-20-18(19-2)21-15-7-8-15)17(10-13)23-12-16-4-3-9-22-16;/h5-6,10,15-16H,3-4,7-9,11-12H2,1-2H3,(H2,19,20,21);1H. The topological polar surface area (TPSA) is 54.9 Å². The van der Waals surface area contributed by atoms with Gasteiger partial charge in [0.25, 0.3) is 0 Å². The van der Waals surface area contributed by atoms with Gasteiger partial charge in [-0.2, -0.15) is 0 Å². The molecule has 2 fully saturated rings. The second-order valence-corrected chi connectivity index (χ2v) is 6.40. The summed E-state index contributed by atoms with van der Waals surface area (Å²) in [5, 5.41) is 6.77. The van der Waals surface area contributed by atoms with Crippen molar-refractivity contribution < 1.29 is 9.47 Å². The molecule has 3 rings (SSSR count). The van der Waals surface area contributed by atoms with E-state index in [1.54, 1.807) is 0 Å². The van der Waals surface area contributed by atoms with Crippen LogP contribution < -0.4 is 15.4 Å². The van der Waals surface area contributed by atoms with Crippen molar-refractivity contribution in [3.63, 3.8) is 0 Å². The zero-order chi connectivity index (χ0) is 16.1. The van der Waals surface area contributed by atoms with Crippen LogP contribution in [0.3, 0.4) is 0 Å². The molecular formula is C18H28IN3O2. The summed E-state index contributed by atoms with van der Waals surface area (Å²) in [6.07, 6.45) is 4.94. The van der Waals surface area contributed by atoms with Crippen molar-refractivity contribution in [2.75, 3.05) is 20.3 Å². The summed E-state index contributed by atoms with van der Waals surface area (Å²) in [4.78, 5) is 4.27. The number of guanidine groups is 1. The highest BCUT2D eigenvalue weighted by atomic mass is 127. The first kappa shape index (κ1) is 19.3. The fourth-order valence-corrected chi connectivity index (χ4v) is 2.70. The first-order valence-corrected chi connectivity index (χ1v) is 8.55. The Morgan fingerprint density at radius 2 is 2.17 bits per heavy atom. The molecule has 1 aromatic rings. The number of nitrogens with zero attached hydrogens (tertiary/aromatic N) is 1. The van der Waals surface area contributed by atoms with Crippen LogP contribution in [0.2, 0.25) is 0 Å². The second kappa shape index (κ2) is 9.46. The maximum Gasteiger partial charge on any atom is 0.191 e. The third-order valence-corrected chi connectivity index (χ3v) is 4.26. The Bertz CT molecular complexity index is 555. The lowest BCUT2D eigenvalue weighted by Gasteiger charge is -2.17. The van der Waals surface area contributed by atoms with Crippen LogP contribution in [0.1, 0.15) is 36.8 Å². The summed E-state index contributed by atoms with van der Waals surface area (Å²) in [6, 6.07) is 6.93. The highest BCUT2D eigenvalue weighted by molar-refractivity contribution is 14.0. The molecule has 1 saturated heterocycles. The van der Waals surface area contributed by atoms with Crippen LogP contribution in [-0.4, -0.2) is 38.4 Å². The summed E-state index contributed by atoms with van der Waals surface area (Å²) < 4.78 is 11.7. The molecule has 1 atom stereocenters. The van der Waals surface area contributed by atoms with Crippen molar-refractivity contribution in [3.05, 3.63) is 29.3 Å². The molecule has 0 bridgehead atoms. The van der Waals surface area contributed by atoms with E-state index in [-0.39, 0.29) is 30.1 Å². The lowest BCUT2D eigenvalue weighted by molar-refractivity contribution is 0.0676. The second-order valence-electron chi connectivity index (χ2n) is 6.40. The Kier molecular flexibility index (Phi) is 7.61. The van der Waals surface area contributed by atoms with E-state index in [0.717, 1.165) is 36.7 Å². The average Bonchev–Trinajstić information content (AvgIpc) is 3.22. The van der Waals surface area contributed by atoms with Crippen LogP contribution in [0.4, 0.5) is 0 Å². The molecule has 6 heteroatoms. The largest absolute Gasteiger partial charge is 0.491 e. The molecule has 0 aromatic heterocycles. The van der Waals surface area contributed by atoms with Crippen molar-refractivity contribution >= 4 is 29.9 Å². The number of halogens is 1. The average molecular weight is 445 g/mol. The van der Waals surface area contributed by atoms with E-state index in [1.165, 1.54) is 18.4 Å². The molecule has 2 aliphatic rings. The molecule has 1 aliphatic heterocycles. The van der Waals surface area contributed by atoms with Gasteiger partial charge in [-0.05, 0) is 44.2 Å². The normalized spacial score (nSPS) is 20.4. The quantitative estimate of drug-likeness (QED) is 0.402. The number of hydrogen-bond acceptors (Lipinski definition) is 3. The minimum atomic E-state index is 0. The fourth-order valence-electron chi connectivity index (χ4n) is 2.70. The molecule has 1 aromatic carbocycles. The molecule has 24 heavy (non-hydrogen) atoms. The Morgan fingerprint density at radius 3 is 2.83 bits per heavy atom. The molecule has 2 N–H and O–H groups in total. The van der Waals surface area contributed by atoms with E-state index >= 15 is 0 Å². The lowest BCUT2D eigenvalue weighted by Crippen LogP contribution is -2.38. The van der Waals surface area contributed by atoms with E-state index < -0.39 is 0 Å². The Morgan fingerprint density at radius 1 is 1.33 bits per heavy atom. The number of benzene rings is 1. The zero-order valence-corrected chi connectivity index (χ0v) is 16.8. The Hall–Kier alpha value is -1.02. The molecule has 1 unspecified atom stereocenters. The summed E-state index contributed by atoms with van der Waals surface area (Å²) in [7, 11) is 1.81. The van der Waals surface area contributed by atoms with Crippen molar-refractivity contribution in [2.24, 2.45) is 4.99 Å². The van der Waals surface area contributed by atoms with Gasteiger partial charge in [0.2, 0.25) is 0 Å². The predicted octanol–water partition coefficient (Wildman–Crippen LogP) is 3.00. The van der Waals surface area contributed by atoms with Gasteiger partial charge in [0, 0.05) is 31.8 Å². The van der Waals surface area contributed by atoms with Gasteiger partial charge in [-0.1, -0.05) is 12.1 Å². The third-order valence-electron chi connectivity index (χ3n) is 4.26. The van der Waals surface area contributed by atoms with Gasteiger partial charge in [0.05, 0.1) is 6.10 Å². The SMILES string of the molecule is CN=C(NCc1ccc(C)cc1OCC1CCCO1)NC1CC1.I. The minimum absolute atomic E-state index is 0. The third kappa shape index (κ3) is 5.81. The highest BCUT2D eigenvalue weighted by Crippen LogP contribution is 2.22. The van der Waals surface area contributed by atoms with Crippen LogP contribution in [0.15, 0.2) is 23.2 Å². The van der Waals surface area contributed by atoms with Gasteiger partial charge in [-0.25, -0.2) is 0 Å². The highest BCUT2D eigenvalue weighted by Gasteiger charge is 2.22. The molecule has 5 nitrogen and oxygen atoms in total. The zero-order valence-electron chi connectivity index (χ0n) is 14.5. The van der Waals surface area contributed by atoms with Crippen LogP contribution in [-0.2, 0) is 11.3 Å². The summed E-state index contributed by atoms with van der Waals surface area (Å²) in [5.74, 6) is 1.80. The molecule has 0 radical (unpaired) electrons. The first-order chi connectivity index (χ1) is 11.2. The molecule has 0 amide bonds. The molecule has 1 heterocycles. The fraction of sp³-hybridized carbons (Fsp3) is 0.611. The van der Waals surface area contributed by atoms with E-state index in [0.29, 0.717) is 19.2 Å². The van der Waals surface area contributed by atoms with Gasteiger partial charge >= 0.3 is 0 Å². The monoisotopic (exact) mass is 445 g/mol. The predicted molar refractivity (Wildman–Crippen MR) is 107 cm³/mol. The minimum Gasteiger partial charge on any atom is -0.491 e. The maximum absolute atomic E-state index is 6.04. The number of hydrogen-bond donors (Lipinski definition) is 2. The van der Waals surface area contributed by atoms with Crippen molar-refractivity contribution in [1.29, 1.82) is 0 Å². The van der Waals surface area contributed by atoms with Gasteiger partial charge in [0.15, 0.2) is 5.96 Å². The summed E-state index contributed by atoms with van der Waals surface area (Å²) >= 11 is 0. The van der Waals surface area contributed by atoms with Crippen LogP contribution in [0.25, 0.3) is 0 Å². The summed E-state index contributed by atoms with van der Waals surface area (Å²) in [5.41, 5.74) is 2.35. The van der Waals surface area contributed by atoms with Gasteiger partial charge < -0.3 is 20.1 Å². The Labute approximate surface area is 161 Å². The van der Waals surface area contributed by atoms with Crippen LogP contribution in [0, 0.1) is 6.92 Å². The van der Waals surface area contributed by atoms with Gasteiger partial charge in [-0.15, -0.1) is 24.0 Å². The number of ether oxygens (including phenoxy) is 2. The maximum atomic E-state index is 6.04. The van der Waals surface area contributed by atoms with E-state index in [1.807, 2.05) is 7.05 Å². The van der Waals surface area contributed by atoms with E-state index in [4.69, 9.17) is 9.47 Å². The first-order valence-electron chi connectivity index (χ1n) is 8.55. The molecule has 1 saturated carbocycles. The number of aryl methyl sites for hydroxylation is 1. The number of rotatable bonds is 6. The molecule has 0 spiro atoms. The number of nitrogens with one attached hydrogen (secondary N) is 2. The van der Waals surface area contributed by atoms with Crippen molar-refractivity contribution in [2.45, 2.75) is 51.3 Å². The summed E-state index contributed by atoms with van der Waals surface area (Å²) in [6.45, 7) is 4.28. The van der Waals surface area contributed by atoms with Gasteiger partial charge in [0.1, 0.15) is 12.4 Å². The van der Waals surface area contributed by atoms with Gasteiger partial charge in [-0.3, -0.25) is 4.99 Å². The molecular weight excluding hydrogens is 417 g/mol.